The first-order valence-electron chi connectivity index (χ1n) is 9.58. The molecule has 0 atom stereocenters. The van der Waals surface area contributed by atoms with Crippen molar-refractivity contribution in [1.82, 2.24) is 25.2 Å². The largest absolute Gasteiger partial charge is 0.377 e. The summed E-state index contributed by atoms with van der Waals surface area (Å²) in [5, 5.41) is 10.8. The van der Waals surface area contributed by atoms with Crippen LogP contribution in [0.5, 0.6) is 0 Å². The minimum Gasteiger partial charge on any atom is -0.377 e. The molecule has 0 saturated carbocycles. The fourth-order valence-electron chi connectivity index (χ4n) is 2.75. The third kappa shape index (κ3) is 7.54. The molecule has 0 unspecified atom stereocenters. The van der Waals surface area contributed by atoms with Gasteiger partial charge in [0.2, 0.25) is 5.91 Å². The lowest BCUT2D eigenvalue weighted by Crippen LogP contribution is -2.54. The van der Waals surface area contributed by atoms with Gasteiger partial charge in [0, 0.05) is 43.6 Å². The Labute approximate surface area is 172 Å². The molecule has 1 aliphatic rings. The standard InChI is InChI=1S/C17H30BN5O5S/c1-13(2)17(24)19-4-6-27-8-9-28-7-5-23-16(18)15(20-21-23)12-22-10-14(11-22)29(3,25)26/h14H,1,4-12,18H2,2-3H3,(H,19,24). The lowest BCUT2D eigenvalue weighted by Gasteiger charge is -2.37. The molecule has 0 bridgehead atoms. The molecule has 1 N–H and O–H groups in total. The molecule has 10 nitrogen and oxygen atoms in total. The fraction of sp³-hybridized carbons (Fsp3) is 0.706. The van der Waals surface area contributed by atoms with Crippen molar-refractivity contribution in [2.24, 2.45) is 0 Å². The van der Waals surface area contributed by atoms with Gasteiger partial charge in [-0.2, -0.15) is 0 Å². The van der Waals surface area contributed by atoms with E-state index < -0.39 is 9.84 Å². The predicted octanol–water partition coefficient (Wildman–Crippen LogP) is -2.51. The van der Waals surface area contributed by atoms with Gasteiger partial charge in [0.05, 0.1) is 43.9 Å². The van der Waals surface area contributed by atoms with Gasteiger partial charge in [0.15, 0.2) is 17.7 Å². The first-order valence-corrected chi connectivity index (χ1v) is 11.5. The molecule has 1 amide bonds. The number of carbonyl (C=O) groups is 1. The molecule has 12 heteroatoms. The first kappa shape index (κ1) is 23.5. The van der Waals surface area contributed by atoms with Gasteiger partial charge in [-0.25, -0.2) is 8.42 Å². The summed E-state index contributed by atoms with van der Waals surface area (Å²) in [5.74, 6) is -0.170. The highest BCUT2D eigenvalue weighted by atomic mass is 32.2. The summed E-state index contributed by atoms with van der Waals surface area (Å²) in [6.45, 7) is 9.74. The summed E-state index contributed by atoms with van der Waals surface area (Å²) in [5.41, 5.74) is 2.29. The van der Waals surface area contributed by atoms with Crippen LogP contribution in [0.15, 0.2) is 12.2 Å². The number of rotatable bonds is 13. The predicted molar refractivity (Wildman–Crippen MR) is 112 cm³/mol. The van der Waals surface area contributed by atoms with Gasteiger partial charge in [-0.15, -0.1) is 5.10 Å². The van der Waals surface area contributed by atoms with Crippen LogP contribution < -0.4 is 10.9 Å². The Balaban J connectivity index is 1.55. The van der Waals surface area contributed by atoms with Gasteiger partial charge < -0.3 is 14.8 Å². The highest BCUT2D eigenvalue weighted by molar-refractivity contribution is 7.91. The van der Waals surface area contributed by atoms with Crippen LogP contribution in [-0.2, 0) is 37.2 Å². The van der Waals surface area contributed by atoms with E-state index in [1.165, 1.54) is 6.26 Å². The van der Waals surface area contributed by atoms with Crippen molar-refractivity contribution in [2.75, 3.05) is 52.3 Å². The topological polar surface area (TPSA) is 116 Å². The number of aromatic nitrogens is 3. The second kappa shape index (κ2) is 10.9. The Kier molecular flexibility index (Phi) is 8.81. The highest BCUT2D eigenvalue weighted by Crippen LogP contribution is 2.17. The maximum Gasteiger partial charge on any atom is 0.246 e. The Morgan fingerprint density at radius 1 is 1.28 bits per heavy atom. The zero-order chi connectivity index (χ0) is 21.4. The summed E-state index contributed by atoms with van der Waals surface area (Å²) in [6.07, 6.45) is 1.28. The number of sulfone groups is 1. The van der Waals surface area contributed by atoms with Crippen LogP contribution in [0.3, 0.4) is 0 Å². The average molecular weight is 427 g/mol. The summed E-state index contributed by atoms with van der Waals surface area (Å²) in [7, 11) is -1.01. The molecule has 1 aromatic rings. The summed E-state index contributed by atoms with van der Waals surface area (Å²) >= 11 is 0. The molecule has 29 heavy (non-hydrogen) atoms. The smallest absolute Gasteiger partial charge is 0.246 e. The van der Waals surface area contributed by atoms with Crippen molar-refractivity contribution in [1.29, 1.82) is 0 Å². The Bertz CT molecular complexity index is 807. The van der Waals surface area contributed by atoms with E-state index >= 15 is 0 Å². The molecule has 1 aromatic heterocycles. The monoisotopic (exact) mass is 427 g/mol. The highest BCUT2D eigenvalue weighted by Gasteiger charge is 2.34. The second-order valence-corrected chi connectivity index (χ2v) is 9.58. The number of likely N-dealkylation sites (tertiary alicyclic amines) is 1. The summed E-state index contributed by atoms with van der Waals surface area (Å²) in [4.78, 5) is 13.3. The molecule has 2 heterocycles. The lowest BCUT2D eigenvalue weighted by molar-refractivity contribution is -0.117. The van der Waals surface area contributed by atoms with Crippen LogP contribution in [-0.4, -0.2) is 99.6 Å². The fourth-order valence-corrected chi connectivity index (χ4v) is 3.71. The Hall–Kier alpha value is -1.76. The number of nitrogens with zero attached hydrogens (tertiary/aromatic N) is 4. The van der Waals surface area contributed by atoms with E-state index in [1.807, 2.05) is 7.85 Å². The molecule has 2 rings (SSSR count). The number of hydrogen-bond acceptors (Lipinski definition) is 8. The number of carbonyl (C=O) groups excluding carboxylic acids is 1. The summed E-state index contributed by atoms with van der Waals surface area (Å²) in [6, 6.07) is 0. The number of amides is 1. The molecular weight excluding hydrogens is 397 g/mol. The minimum atomic E-state index is -2.96. The summed E-state index contributed by atoms with van der Waals surface area (Å²) < 4.78 is 35.7. The molecule has 0 spiro atoms. The van der Waals surface area contributed by atoms with Crippen molar-refractivity contribution in [3.63, 3.8) is 0 Å². The first-order chi connectivity index (χ1) is 13.7. The van der Waals surface area contributed by atoms with Crippen LogP contribution in [0.4, 0.5) is 0 Å². The van der Waals surface area contributed by atoms with Crippen molar-refractivity contribution < 1.29 is 22.7 Å². The number of nitrogens with one attached hydrogen (secondary N) is 1. The van der Waals surface area contributed by atoms with E-state index in [0.29, 0.717) is 64.7 Å². The van der Waals surface area contributed by atoms with Gasteiger partial charge >= 0.3 is 0 Å². The number of hydrogen-bond donors (Lipinski definition) is 1. The molecule has 1 saturated heterocycles. The van der Waals surface area contributed by atoms with Crippen LogP contribution in [0.25, 0.3) is 0 Å². The molecule has 0 radical (unpaired) electrons. The molecule has 0 aliphatic carbocycles. The lowest BCUT2D eigenvalue weighted by atomic mass is 10.0. The zero-order valence-corrected chi connectivity index (χ0v) is 18.2. The van der Waals surface area contributed by atoms with Crippen molar-refractivity contribution in [2.45, 2.75) is 25.3 Å². The minimum absolute atomic E-state index is 0.170. The second-order valence-electron chi connectivity index (χ2n) is 7.25. The molecular formula is C17H30BN5O5S. The molecule has 1 aliphatic heterocycles. The molecule has 0 aromatic carbocycles. The van der Waals surface area contributed by atoms with Crippen molar-refractivity contribution in [3.05, 3.63) is 17.8 Å². The van der Waals surface area contributed by atoms with Gasteiger partial charge in [0.25, 0.3) is 0 Å². The average Bonchev–Trinajstić information content (AvgIpc) is 2.94. The van der Waals surface area contributed by atoms with E-state index in [4.69, 9.17) is 9.47 Å². The zero-order valence-electron chi connectivity index (χ0n) is 17.4. The maximum atomic E-state index is 11.5. The van der Waals surface area contributed by atoms with Gasteiger partial charge in [0.1, 0.15) is 0 Å². The Morgan fingerprint density at radius 2 is 1.93 bits per heavy atom. The number of ether oxygens (including phenoxy) is 2. The van der Waals surface area contributed by atoms with Crippen molar-refractivity contribution in [3.8, 4) is 0 Å². The quantitative estimate of drug-likeness (QED) is 0.209. The third-order valence-electron chi connectivity index (χ3n) is 4.72. The van der Waals surface area contributed by atoms with Crippen LogP contribution >= 0.6 is 0 Å². The van der Waals surface area contributed by atoms with Gasteiger partial charge in [-0.3, -0.25) is 14.4 Å². The SMILES string of the molecule is Bc1c(CN2CC(S(C)(=O)=O)C2)nnn1CCOCCOCCNC(=O)C(=C)C. The van der Waals surface area contributed by atoms with E-state index in [-0.39, 0.29) is 11.2 Å². The van der Waals surface area contributed by atoms with E-state index in [9.17, 15) is 13.2 Å². The van der Waals surface area contributed by atoms with Gasteiger partial charge in [-0.1, -0.05) is 11.8 Å². The molecule has 162 valence electrons. The normalized spacial score (nSPS) is 15.2. The van der Waals surface area contributed by atoms with Crippen LogP contribution in [0.2, 0.25) is 0 Å². The van der Waals surface area contributed by atoms with Crippen molar-refractivity contribution >= 4 is 29.2 Å². The van der Waals surface area contributed by atoms with E-state index in [2.05, 4.69) is 27.1 Å². The van der Waals surface area contributed by atoms with E-state index in [1.54, 1.807) is 11.6 Å². The van der Waals surface area contributed by atoms with Crippen LogP contribution in [0, 0.1) is 0 Å². The van der Waals surface area contributed by atoms with E-state index in [0.717, 1.165) is 11.3 Å². The third-order valence-corrected chi connectivity index (χ3v) is 6.23. The molecule has 1 fully saturated rings. The Morgan fingerprint density at radius 3 is 2.55 bits per heavy atom. The van der Waals surface area contributed by atoms with Crippen LogP contribution in [0.1, 0.15) is 12.6 Å². The van der Waals surface area contributed by atoms with Gasteiger partial charge in [-0.05, 0) is 6.92 Å². The maximum absolute atomic E-state index is 11.5.